The highest BCUT2D eigenvalue weighted by Crippen LogP contribution is 2.39. The molecular formula is C102H76BClN12O2. The average molecular weight is 1550 g/mol. The van der Waals surface area contributed by atoms with Crippen LogP contribution >= 0.6 is 11.6 Å². The Balaban J connectivity index is 0.000000134. The van der Waals surface area contributed by atoms with Gasteiger partial charge in [-0.15, -0.1) is 0 Å². The van der Waals surface area contributed by atoms with E-state index in [2.05, 4.69) is 165 Å². The van der Waals surface area contributed by atoms with Crippen molar-refractivity contribution in [2.75, 3.05) is 0 Å². The lowest BCUT2D eigenvalue weighted by atomic mass is 9.79. The molecular weight excluding hydrogens is 1470 g/mol. The fourth-order valence-electron chi connectivity index (χ4n) is 13.6. The van der Waals surface area contributed by atoms with Crippen LogP contribution < -0.4 is 5.46 Å². The van der Waals surface area contributed by atoms with Gasteiger partial charge in [-0.3, -0.25) is 9.97 Å². The number of hydrogen-bond donors (Lipinski definition) is 0. The summed E-state index contributed by atoms with van der Waals surface area (Å²) in [6.45, 7) is 8.27. The van der Waals surface area contributed by atoms with E-state index >= 15 is 0 Å². The third-order valence-electron chi connectivity index (χ3n) is 20.7. The summed E-state index contributed by atoms with van der Waals surface area (Å²) >= 11 is 6.21. The zero-order valence-corrected chi connectivity index (χ0v) is 65.8. The van der Waals surface area contributed by atoms with E-state index in [9.17, 15) is 0 Å². The van der Waals surface area contributed by atoms with Crippen molar-refractivity contribution < 1.29 is 9.31 Å². The Hall–Kier alpha value is -14.6. The topological polar surface area (TPSA) is 173 Å². The highest BCUT2D eigenvalue weighted by atomic mass is 35.5. The zero-order chi connectivity index (χ0) is 80.2. The molecule has 7 heterocycles. The lowest BCUT2D eigenvalue weighted by Crippen LogP contribution is -2.41. The SMILES string of the molecule is CC1(C)OB(c2ccc(-c3cc(-c4ccccc4)nc(-c4ccccc4)n3)cc2)OC1(C)C.Clc1cccc(-c2nc(-c3ccccc3)nc(-c3ccc(-c4cccnc4)cc3)n2)c1.c1ccc(-c2nc(-c3ccc(-c4cccnc4)cc3)cc(-c3ccc(-c4cccc(-c5nc(-c6ccccc6)nc(-c6ccccc6)n5)c4)cc3)n2)cc1. The fraction of sp³-hybridized carbons (Fsp3) is 0.0588. The predicted octanol–water partition coefficient (Wildman–Crippen LogP) is 23.8. The van der Waals surface area contributed by atoms with Crippen LogP contribution in [0.15, 0.2) is 389 Å². The van der Waals surface area contributed by atoms with Gasteiger partial charge in [0.1, 0.15) is 0 Å². The summed E-state index contributed by atoms with van der Waals surface area (Å²) in [7, 11) is -0.380. The summed E-state index contributed by atoms with van der Waals surface area (Å²) < 4.78 is 12.4. The molecule has 6 aromatic heterocycles. The summed E-state index contributed by atoms with van der Waals surface area (Å²) in [6.07, 6.45) is 7.28. The predicted molar refractivity (Wildman–Crippen MR) is 475 cm³/mol. The molecule has 0 aliphatic carbocycles. The summed E-state index contributed by atoms with van der Waals surface area (Å²) in [5.74, 6) is 5.11. The van der Waals surface area contributed by atoms with Crippen LogP contribution in [0.2, 0.25) is 5.02 Å². The van der Waals surface area contributed by atoms with Crippen LogP contribution in [0.5, 0.6) is 0 Å². The highest BCUT2D eigenvalue weighted by Gasteiger charge is 2.51. The average Bonchev–Trinajstić information content (AvgIpc) is 1.47. The number of hydrogen-bond acceptors (Lipinski definition) is 14. The van der Waals surface area contributed by atoms with Crippen molar-refractivity contribution in [1.29, 1.82) is 0 Å². The first-order valence-electron chi connectivity index (χ1n) is 38.9. The first-order valence-corrected chi connectivity index (χ1v) is 39.3. The molecule has 0 N–H and O–H groups in total. The lowest BCUT2D eigenvalue weighted by molar-refractivity contribution is 0.00578. The van der Waals surface area contributed by atoms with Gasteiger partial charge in [-0.05, 0) is 109 Å². The fourth-order valence-corrected chi connectivity index (χ4v) is 13.8. The van der Waals surface area contributed by atoms with Gasteiger partial charge in [-0.2, -0.15) is 0 Å². The van der Waals surface area contributed by atoms with Gasteiger partial charge in [-0.25, -0.2) is 49.8 Å². The molecule has 1 saturated heterocycles. The van der Waals surface area contributed by atoms with Gasteiger partial charge in [0.05, 0.1) is 34.0 Å². The minimum atomic E-state index is -0.380. The van der Waals surface area contributed by atoms with Crippen molar-refractivity contribution in [2.24, 2.45) is 0 Å². The van der Waals surface area contributed by atoms with Crippen LogP contribution in [-0.2, 0) is 9.31 Å². The van der Waals surface area contributed by atoms with E-state index in [0.717, 1.165) is 128 Å². The Morgan fingerprint density at radius 2 is 0.458 bits per heavy atom. The van der Waals surface area contributed by atoms with Crippen LogP contribution in [0.25, 0.3) is 170 Å². The molecule has 19 rings (SSSR count). The van der Waals surface area contributed by atoms with E-state index in [1.54, 1.807) is 12.4 Å². The lowest BCUT2D eigenvalue weighted by Gasteiger charge is -2.32. The molecule has 0 radical (unpaired) electrons. The highest BCUT2D eigenvalue weighted by molar-refractivity contribution is 6.62. The molecule has 0 amide bonds. The molecule has 1 aliphatic rings. The van der Waals surface area contributed by atoms with Crippen molar-refractivity contribution in [1.82, 2.24) is 59.8 Å². The van der Waals surface area contributed by atoms with E-state index in [-0.39, 0.29) is 18.3 Å². The van der Waals surface area contributed by atoms with Crippen molar-refractivity contribution in [2.45, 2.75) is 38.9 Å². The number of nitrogens with zero attached hydrogens (tertiary/aromatic N) is 12. The van der Waals surface area contributed by atoms with Gasteiger partial charge in [0, 0.05) is 96.6 Å². The summed E-state index contributed by atoms with van der Waals surface area (Å²) in [5, 5.41) is 0.640. The normalized spacial score (nSPS) is 12.5. The number of aromatic nitrogens is 12. The Labute approximate surface area is 691 Å². The number of pyridine rings is 2. The van der Waals surface area contributed by atoms with Gasteiger partial charge < -0.3 is 9.31 Å². The first kappa shape index (κ1) is 76.0. The minimum Gasteiger partial charge on any atom is -0.399 e. The molecule has 16 heteroatoms. The standard InChI is InChI=1S/C48H32N6.C28H27BN2O2.C26H17ClN4/c1-4-12-37(13-5-1)45-50-43(31-44(51-45)36-27-23-34(24-28-36)42-20-11-29-49-32-42)35-25-21-33(22-26-35)40-18-10-19-41(30-40)48-53-46(38-14-6-2-7-15-38)52-47(54-48)39-16-8-3-9-17-39;1-27(2)28(3,4)33-29(32-27)23-17-15-21(16-18-23)25-19-24(20-11-7-5-8-12-20)30-26(31-25)22-13-9-6-10-14-22;27-23-10-4-8-21(16-23)26-30-24(19-6-2-1-3-7-19)29-25(31-26)20-13-11-18(12-14-20)22-9-5-15-28-17-22/h1-32H;5-19H,1-4H3;1-17H. The maximum atomic E-state index is 6.21. The zero-order valence-electron chi connectivity index (χ0n) is 65.1. The quantitative estimate of drug-likeness (QED) is 0.0836. The van der Waals surface area contributed by atoms with Crippen LogP contribution in [-0.4, -0.2) is 78.1 Å². The number of halogens is 1. The molecule has 118 heavy (non-hydrogen) atoms. The van der Waals surface area contributed by atoms with Gasteiger partial charge in [-0.1, -0.05) is 333 Å². The first-order chi connectivity index (χ1) is 57.8. The summed E-state index contributed by atoms with van der Waals surface area (Å²) in [4.78, 5) is 57.2. The molecule has 1 aliphatic heterocycles. The molecule has 0 unspecified atom stereocenters. The van der Waals surface area contributed by atoms with E-state index in [0.29, 0.717) is 51.6 Å². The number of benzene rings is 12. The number of rotatable bonds is 16. The second-order valence-corrected chi connectivity index (χ2v) is 29.7. The molecule has 1 fully saturated rings. The van der Waals surface area contributed by atoms with Crippen LogP contribution in [0.1, 0.15) is 27.7 Å². The molecule has 0 atom stereocenters. The maximum Gasteiger partial charge on any atom is 0.494 e. The van der Waals surface area contributed by atoms with Gasteiger partial charge in [0.25, 0.3) is 0 Å². The molecule has 0 bridgehead atoms. The van der Waals surface area contributed by atoms with Crippen molar-refractivity contribution >= 4 is 24.2 Å². The molecule has 14 nitrogen and oxygen atoms in total. The van der Waals surface area contributed by atoms with Gasteiger partial charge in [0.2, 0.25) is 0 Å². The molecule has 566 valence electrons. The Bertz CT molecular complexity index is 6330. The maximum absolute atomic E-state index is 6.21. The second-order valence-electron chi connectivity index (χ2n) is 29.2. The van der Waals surface area contributed by atoms with Crippen LogP contribution in [0.4, 0.5) is 0 Å². The molecule has 0 spiro atoms. The van der Waals surface area contributed by atoms with E-state index in [1.807, 2.05) is 249 Å². The minimum absolute atomic E-state index is 0.363. The van der Waals surface area contributed by atoms with Crippen molar-refractivity contribution in [3.05, 3.63) is 394 Å². The van der Waals surface area contributed by atoms with Crippen LogP contribution in [0, 0.1) is 0 Å². The Morgan fingerprint density at radius 3 is 0.797 bits per heavy atom. The smallest absolute Gasteiger partial charge is 0.399 e. The monoisotopic (exact) mass is 1550 g/mol. The molecule has 18 aromatic rings. The Morgan fingerprint density at radius 1 is 0.212 bits per heavy atom. The van der Waals surface area contributed by atoms with Crippen molar-refractivity contribution in [3.63, 3.8) is 0 Å². The van der Waals surface area contributed by atoms with Gasteiger partial charge in [0.15, 0.2) is 46.6 Å². The molecule has 12 aromatic carbocycles. The second kappa shape index (κ2) is 34.6. The van der Waals surface area contributed by atoms with Gasteiger partial charge >= 0.3 is 7.12 Å². The van der Waals surface area contributed by atoms with E-state index < -0.39 is 0 Å². The van der Waals surface area contributed by atoms with E-state index in [4.69, 9.17) is 70.7 Å². The third-order valence-corrected chi connectivity index (χ3v) is 21.0. The molecule has 0 saturated carbocycles. The van der Waals surface area contributed by atoms with Crippen molar-refractivity contribution in [3.8, 4) is 170 Å². The third kappa shape index (κ3) is 17.7. The summed E-state index contributed by atoms with van der Waals surface area (Å²) in [5.41, 5.74) is 21.8. The van der Waals surface area contributed by atoms with E-state index in [1.165, 1.54) is 0 Å². The largest absolute Gasteiger partial charge is 0.494 e. The van der Waals surface area contributed by atoms with Crippen LogP contribution in [0.3, 0.4) is 0 Å². The Kier molecular flexibility index (Phi) is 22.3. The summed E-state index contributed by atoms with van der Waals surface area (Å²) in [6, 6.07) is 122.